The van der Waals surface area contributed by atoms with Crippen LogP contribution < -0.4 is 4.90 Å². The van der Waals surface area contributed by atoms with Crippen LogP contribution in [0.3, 0.4) is 0 Å². The van der Waals surface area contributed by atoms with E-state index < -0.39 is 5.60 Å². The average molecular weight is 287 g/mol. The van der Waals surface area contributed by atoms with Crippen molar-refractivity contribution in [3.05, 3.63) is 53.7 Å². The summed E-state index contributed by atoms with van der Waals surface area (Å²) in [5.74, 6) is 0.0350. The van der Waals surface area contributed by atoms with Gasteiger partial charge in [0.2, 0.25) is 0 Å². The van der Waals surface area contributed by atoms with Gasteiger partial charge in [-0.1, -0.05) is 6.07 Å². The van der Waals surface area contributed by atoms with Gasteiger partial charge in [0.25, 0.3) is 0 Å². The van der Waals surface area contributed by atoms with Crippen molar-refractivity contribution in [2.75, 3.05) is 18.0 Å². The Morgan fingerprint density at radius 2 is 1.95 bits per heavy atom. The minimum absolute atomic E-state index is 0.323. The molecule has 110 valence electrons. The second-order valence-corrected chi connectivity index (χ2v) is 5.55. The molecule has 5 heteroatoms. The van der Waals surface area contributed by atoms with Gasteiger partial charge in [-0.3, -0.25) is 4.98 Å². The molecule has 3 rings (SSSR count). The summed E-state index contributed by atoms with van der Waals surface area (Å²) in [7, 11) is 0. The van der Waals surface area contributed by atoms with Crippen molar-refractivity contribution in [3.8, 4) is 0 Å². The van der Waals surface area contributed by atoms with Crippen LogP contribution in [-0.2, 0) is 5.60 Å². The van der Waals surface area contributed by atoms with Gasteiger partial charge in [0.1, 0.15) is 5.60 Å². The van der Waals surface area contributed by atoms with E-state index in [2.05, 4.69) is 9.97 Å². The van der Waals surface area contributed by atoms with Gasteiger partial charge in [-0.25, -0.2) is 9.37 Å². The Labute approximate surface area is 123 Å². The molecular formula is C16H18FN3O. The molecular weight excluding hydrogens is 269 g/mol. The van der Waals surface area contributed by atoms with E-state index in [-0.39, 0.29) is 5.82 Å². The maximum atomic E-state index is 13.8. The van der Waals surface area contributed by atoms with Gasteiger partial charge in [-0.2, -0.15) is 0 Å². The molecule has 0 aliphatic carbocycles. The Hall–Kier alpha value is -2.01. The highest BCUT2D eigenvalue weighted by atomic mass is 19.1. The second kappa shape index (κ2) is 5.41. The first-order valence-electron chi connectivity index (χ1n) is 7.09. The van der Waals surface area contributed by atoms with Crippen LogP contribution in [-0.4, -0.2) is 28.2 Å². The first-order valence-corrected chi connectivity index (χ1v) is 7.09. The highest BCUT2D eigenvalue weighted by Crippen LogP contribution is 2.33. The number of pyridine rings is 2. The Bertz CT molecular complexity index is 622. The molecule has 0 spiro atoms. The van der Waals surface area contributed by atoms with Crippen molar-refractivity contribution in [3.63, 3.8) is 0 Å². The lowest BCUT2D eigenvalue weighted by Crippen LogP contribution is -2.43. The number of anilines is 1. The van der Waals surface area contributed by atoms with E-state index in [1.54, 1.807) is 18.5 Å². The number of aryl methyl sites for hydroxylation is 1. The van der Waals surface area contributed by atoms with Crippen molar-refractivity contribution in [2.45, 2.75) is 25.4 Å². The predicted molar refractivity (Wildman–Crippen MR) is 78.5 cm³/mol. The van der Waals surface area contributed by atoms with E-state index in [0.717, 1.165) is 5.56 Å². The Kier molecular flexibility index (Phi) is 3.59. The molecule has 1 aliphatic rings. The standard InChI is InChI=1S/C16H18FN3O/c1-12-4-5-14(19-11-12)16(21)6-9-20(10-7-16)15-13(17)3-2-8-18-15/h2-5,8,11,21H,6-7,9-10H2,1H3. The Morgan fingerprint density at radius 1 is 1.19 bits per heavy atom. The third-order valence-corrected chi connectivity index (χ3v) is 4.02. The highest BCUT2D eigenvalue weighted by Gasteiger charge is 2.36. The summed E-state index contributed by atoms with van der Waals surface area (Å²) in [6.45, 7) is 3.08. The molecule has 2 aromatic heterocycles. The van der Waals surface area contributed by atoms with Crippen LogP contribution in [0.4, 0.5) is 10.2 Å². The van der Waals surface area contributed by atoms with Gasteiger partial charge in [0, 0.05) is 25.5 Å². The normalized spacial score (nSPS) is 17.8. The fraction of sp³-hybridized carbons (Fsp3) is 0.375. The minimum Gasteiger partial charge on any atom is -0.383 e. The average Bonchev–Trinajstić information content (AvgIpc) is 2.49. The zero-order valence-corrected chi connectivity index (χ0v) is 12.0. The molecule has 0 atom stereocenters. The third kappa shape index (κ3) is 2.74. The summed E-state index contributed by atoms with van der Waals surface area (Å²) >= 11 is 0. The van der Waals surface area contributed by atoms with Crippen molar-refractivity contribution < 1.29 is 9.50 Å². The van der Waals surface area contributed by atoms with Crippen LogP contribution in [0.1, 0.15) is 24.1 Å². The number of piperidine rings is 1. The highest BCUT2D eigenvalue weighted by molar-refractivity contribution is 5.40. The topological polar surface area (TPSA) is 49.2 Å². The number of halogens is 1. The number of hydrogen-bond donors (Lipinski definition) is 1. The minimum atomic E-state index is -0.935. The third-order valence-electron chi connectivity index (χ3n) is 4.02. The van der Waals surface area contributed by atoms with Crippen LogP contribution in [0.2, 0.25) is 0 Å². The molecule has 0 amide bonds. The van der Waals surface area contributed by atoms with E-state index >= 15 is 0 Å². The number of rotatable bonds is 2. The zero-order chi connectivity index (χ0) is 14.9. The molecule has 2 aromatic rings. The molecule has 1 saturated heterocycles. The molecule has 1 fully saturated rings. The number of hydrogen-bond acceptors (Lipinski definition) is 4. The summed E-state index contributed by atoms with van der Waals surface area (Å²) in [6.07, 6.45) is 4.37. The first kappa shape index (κ1) is 13.9. The van der Waals surface area contributed by atoms with E-state index in [0.29, 0.717) is 37.4 Å². The van der Waals surface area contributed by atoms with Gasteiger partial charge in [0.15, 0.2) is 11.6 Å². The molecule has 0 unspecified atom stereocenters. The van der Waals surface area contributed by atoms with Crippen LogP contribution in [0, 0.1) is 12.7 Å². The van der Waals surface area contributed by atoms with Crippen LogP contribution in [0.5, 0.6) is 0 Å². The van der Waals surface area contributed by atoms with Crippen molar-refractivity contribution in [2.24, 2.45) is 0 Å². The summed E-state index contributed by atoms with van der Waals surface area (Å²) < 4.78 is 13.8. The fourth-order valence-corrected chi connectivity index (χ4v) is 2.70. The number of aliphatic hydroxyl groups is 1. The lowest BCUT2D eigenvalue weighted by Gasteiger charge is -2.38. The Morgan fingerprint density at radius 3 is 2.57 bits per heavy atom. The molecule has 1 N–H and O–H groups in total. The van der Waals surface area contributed by atoms with Gasteiger partial charge >= 0.3 is 0 Å². The first-order chi connectivity index (χ1) is 10.1. The monoisotopic (exact) mass is 287 g/mol. The maximum Gasteiger partial charge on any atom is 0.165 e. The quantitative estimate of drug-likeness (QED) is 0.921. The molecule has 1 aliphatic heterocycles. The lowest BCUT2D eigenvalue weighted by atomic mass is 9.87. The van der Waals surface area contributed by atoms with Crippen LogP contribution in [0.25, 0.3) is 0 Å². The SMILES string of the molecule is Cc1ccc(C2(O)CCN(c3ncccc3F)CC2)nc1. The van der Waals surface area contributed by atoms with Crippen molar-refractivity contribution in [1.29, 1.82) is 0 Å². The maximum absolute atomic E-state index is 13.8. The van der Waals surface area contributed by atoms with E-state index in [1.165, 1.54) is 6.07 Å². The van der Waals surface area contributed by atoms with Crippen LogP contribution in [0.15, 0.2) is 36.7 Å². The molecule has 0 aromatic carbocycles. The molecule has 0 radical (unpaired) electrons. The molecule has 0 saturated carbocycles. The number of aromatic nitrogens is 2. The number of nitrogens with zero attached hydrogens (tertiary/aromatic N) is 3. The summed E-state index contributed by atoms with van der Waals surface area (Å²) in [5, 5.41) is 10.8. The van der Waals surface area contributed by atoms with E-state index in [9.17, 15) is 9.50 Å². The van der Waals surface area contributed by atoms with E-state index in [1.807, 2.05) is 24.0 Å². The summed E-state index contributed by atoms with van der Waals surface area (Å²) in [6, 6.07) is 6.80. The largest absolute Gasteiger partial charge is 0.383 e. The molecule has 21 heavy (non-hydrogen) atoms. The van der Waals surface area contributed by atoms with Crippen molar-refractivity contribution >= 4 is 5.82 Å². The van der Waals surface area contributed by atoms with Crippen LogP contribution >= 0.6 is 0 Å². The van der Waals surface area contributed by atoms with Gasteiger partial charge in [0.05, 0.1) is 5.69 Å². The fourth-order valence-electron chi connectivity index (χ4n) is 2.70. The summed E-state index contributed by atoms with van der Waals surface area (Å²) in [5.41, 5.74) is 0.819. The second-order valence-electron chi connectivity index (χ2n) is 5.55. The molecule has 3 heterocycles. The van der Waals surface area contributed by atoms with Gasteiger partial charge < -0.3 is 10.0 Å². The molecule has 0 bridgehead atoms. The van der Waals surface area contributed by atoms with Gasteiger partial charge in [-0.15, -0.1) is 0 Å². The van der Waals surface area contributed by atoms with E-state index in [4.69, 9.17) is 0 Å². The lowest BCUT2D eigenvalue weighted by molar-refractivity contribution is 0.00737. The smallest absolute Gasteiger partial charge is 0.165 e. The zero-order valence-electron chi connectivity index (χ0n) is 12.0. The Balaban J connectivity index is 1.75. The summed E-state index contributed by atoms with van der Waals surface area (Å²) in [4.78, 5) is 10.3. The predicted octanol–water partition coefficient (Wildman–Crippen LogP) is 2.41. The van der Waals surface area contributed by atoms with Crippen molar-refractivity contribution in [1.82, 2.24) is 9.97 Å². The van der Waals surface area contributed by atoms with Gasteiger partial charge in [-0.05, 0) is 43.5 Å². The molecule has 4 nitrogen and oxygen atoms in total.